The van der Waals surface area contributed by atoms with E-state index in [0.29, 0.717) is 12.5 Å². The van der Waals surface area contributed by atoms with Gasteiger partial charge in [-0.2, -0.15) is 0 Å². The molecule has 1 aromatic rings. The van der Waals surface area contributed by atoms with Crippen molar-refractivity contribution >= 4 is 17.3 Å². The van der Waals surface area contributed by atoms with Crippen molar-refractivity contribution in [3.05, 3.63) is 36.4 Å². The molecule has 1 atom stereocenters. The molecule has 0 heterocycles. The van der Waals surface area contributed by atoms with Gasteiger partial charge in [-0.3, -0.25) is 4.79 Å². The molecule has 104 valence electrons. The first-order chi connectivity index (χ1) is 9.08. The maximum absolute atomic E-state index is 11.5. The van der Waals surface area contributed by atoms with Crippen LogP contribution in [0.25, 0.3) is 0 Å². The zero-order chi connectivity index (χ0) is 14.3. The average molecular weight is 260 g/mol. The van der Waals surface area contributed by atoms with Crippen LogP contribution in [-0.4, -0.2) is 11.9 Å². The van der Waals surface area contributed by atoms with E-state index >= 15 is 0 Å². The Morgan fingerprint density at radius 3 is 2.74 bits per heavy atom. The van der Waals surface area contributed by atoms with Crippen LogP contribution in [-0.2, 0) is 4.79 Å². The van der Waals surface area contributed by atoms with Gasteiger partial charge in [-0.15, -0.1) is 6.58 Å². The summed E-state index contributed by atoms with van der Waals surface area (Å²) in [6.07, 6.45) is 4.48. The number of hydrogen-bond donors (Lipinski definition) is 2. The molecule has 3 nitrogen and oxygen atoms in total. The highest BCUT2D eigenvalue weighted by Crippen LogP contribution is 2.24. The molecule has 0 aliphatic heterocycles. The Hall–Kier alpha value is -1.77. The number of hydrogen-bond acceptors (Lipinski definition) is 2. The Bertz CT molecular complexity index is 440. The molecule has 0 saturated carbocycles. The van der Waals surface area contributed by atoms with Gasteiger partial charge in [0.15, 0.2) is 0 Å². The number of carbonyl (C=O) groups excluding carboxylic acids is 1. The summed E-state index contributed by atoms with van der Waals surface area (Å²) in [6, 6.07) is 6.32. The summed E-state index contributed by atoms with van der Waals surface area (Å²) in [5, 5.41) is 6.40. The molecular weight excluding hydrogens is 236 g/mol. The van der Waals surface area contributed by atoms with Gasteiger partial charge in [0.2, 0.25) is 5.91 Å². The van der Waals surface area contributed by atoms with Gasteiger partial charge in [0.05, 0.1) is 0 Å². The third kappa shape index (κ3) is 4.78. The molecule has 0 radical (unpaired) electrons. The van der Waals surface area contributed by atoms with E-state index in [-0.39, 0.29) is 5.91 Å². The average Bonchev–Trinajstić information content (AvgIpc) is 2.40. The minimum Gasteiger partial charge on any atom is -0.382 e. The van der Waals surface area contributed by atoms with Crippen LogP contribution in [0.5, 0.6) is 0 Å². The number of allylic oxidation sites excluding steroid dienone is 1. The zero-order valence-corrected chi connectivity index (χ0v) is 12.1. The van der Waals surface area contributed by atoms with Gasteiger partial charge in [-0.25, -0.2) is 0 Å². The smallest absolute Gasteiger partial charge is 0.224 e. The van der Waals surface area contributed by atoms with Gasteiger partial charge >= 0.3 is 0 Å². The van der Waals surface area contributed by atoms with E-state index < -0.39 is 0 Å². The first-order valence-electron chi connectivity index (χ1n) is 6.85. The lowest BCUT2D eigenvalue weighted by Gasteiger charge is -2.18. The Kier molecular flexibility index (Phi) is 6.13. The van der Waals surface area contributed by atoms with E-state index in [1.165, 1.54) is 0 Å². The summed E-state index contributed by atoms with van der Waals surface area (Å²) >= 11 is 0. The van der Waals surface area contributed by atoms with Crippen LogP contribution < -0.4 is 10.6 Å². The molecule has 0 spiro atoms. The second-order valence-electron chi connectivity index (χ2n) is 4.79. The fourth-order valence-electron chi connectivity index (χ4n) is 1.87. The van der Waals surface area contributed by atoms with Crippen molar-refractivity contribution in [1.82, 2.24) is 0 Å². The van der Waals surface area contributed by atoms with Crippen LogP contribution in [0.4, 0.5) is 11.4 Å². The molecule has 0 bridgehead atoms. The lowest BCUT2D eigenvalue weighted by Crippen LogP contribution is -2.16. The number of carbonyl (C=O) groups is 1. The normalized spacial score (nSPS) is 11.7. The lowest BCUT2D eigenvalue weighted by molar-refractivity contribution is -0.115. The summed E-state index contributed by atoms with van der Waals surface area (Å²) < 4.78 is 0. The minimum absolute atomic E-state index is 0.0416. The summed E-state index contributed by atoms with van der Waals surface area (Å²) in [5.74, 6) is 0.0416. The van der Waals surface area contributed by atoms with Crippen LogP contribution >= 0.6 is 0 Å². The van der Waals surface area contributed by atoms with Gasteiger partial charge in [-0.05, 0) is 44.4 Å². The molecule has 1 amide bonds. The molecule has 0 saturated heterocycles. The number of rotatable bonds is 7. The fourth-order valence-corrected chi connectivity index (χ4v) is 1.87. The fraction of sp³-hybridized carbons (Fsp3) is 0.438. The van der Waals surface area contributed by atoms with Gasteiger partial charge in [0.1, 0.15) is 0 Å². The lowest BCUT2D eigenvalue weighted by atomic mass is 10.1. The second kappa shape index (κ2) is 7.62. The van der Waals surface area contributed by atoms with E-state index in [2.05, 4.69) is 24.1 Å². The largest absolute Gasteiger partial charge is 0.382 e. The van der Waals surface area contributed by atoms with Crippen molar-refractivity contribution in [2.45, 2.75) is 46.1 Å². The van der Waals surface area contributed by atoms with Crippen LogP contribution in [0.15, 0.2) is 30.9 Å². The first kappa shape index (κ1) is 15.3. The molecule has 1 unspecified atom stereocenters. The van der Waals surface area contributed by atoms with E-state index in [4.69, 9.17) is 0 Å². The van der Waals surface area contributed by atoms with Crippen molar-refractivity contribution in [1.29, 1.82) is 0 Å². The molecule has 2 N–H and O–H groups in total. The molecule has 1 aromatic carbocycles. The maximum atomic E-state index is 11.5. The molecule has 1 rings (SSSR count). The van der Waals surface area contributed by atoms with Crippen LogP contribution in [0, 0.1) is 6.92 Å². The highest BCUT2D eigenvalue weighted by molar-refractivity contribution is 5.92. The Morgan fingerprint density at radius 2 is 2.11 bits per heavy atom. The van der Waals surface area contributed by atoms with Crippen molar-refractivity contribution in [2.24, 2.45) is 0 Å². The Morgan fingerprint density at radius 1 is 1.42 bits per heavy atom. The molecular formula is C16H24N2O. The summed E-state index contributed by atoms with van der Waals surface area (Å²) in [4.78, 5) is 11.5. The number of nitrogens with one attached hydrogen (secondary N) is 2. The van der Waals surface area contributed by atoms with Crippen molar-refractivity contribution < 1.29 is 4.79 Å². The van der Waals surface area contributed by atoms with Crippen molar-refractivity contribution in [3.63, 3.8) is 0 Å². The topological polar surface area (TPSA) is 41.1 Å². The predicted molar refractivity (Wildman–Crippen MR) is 82.6 cm³/mol. The number of benzene rings is 1. The standard InChI is InChI=1S/C16H24N2O/c1-5-7-9-12(3)17-14-10-8-11-15(13(14)4)18-16(19)6-2/h5,8,10-12,17H,1,6-7,9H2,2-4H3,(H,18,19). The summed E-state index contributed by atoms with van der Waals surface area (Å²) in [5.41, 5.74) is 3.04. The van der Waals surface area contributed by atoms with Gasteiger partial charge in [0.25, 0.3) is 0 Å². The number of amides is 1. The Labute approximate surface area is 116 Å². The molecule has 0 aliphatic carbocycles. The predicted octanol–water partition coefficient (Wildman–Crippen LogP) is 4.11. The molecule has 0 aromatic heterocycles. The maximum Gasteiger partial charge on any atom is 0.224 e. The van der Waals surface area contributed by atoms with Crippen LogP contribution in [0.1, 0.15) is 38.7 Å². The molecule has 19 heavy (non-hydrogen) atoms. The molecule has 3 heteroatoms. The van der Waals surface area contributed by atoms with E-state index in [0.717, 1.165) is 29.8 Å². The van der Waals surface area contributed by atoms with Crippen molar-refractivity contribution in [3.8, 4) is 0 Å². The monoisotopic (exact) mass is 260 g/mol. The van der Waals surface area contributed by atoms with Crippen LogP contribution in [0.2, 0.25) is 0 Å². The van der Waals surface area contributed by atoms with Gasteiger partial charge in [-0.1, -0.05) is 19.1 Å². The molecule has 0 aliphatic rings. The third-order valence-electron chi connectivity index (χ3n) is 3.13. The summed E-state index contributed by atoms with van der Waals surface area (Å²) in [6.45, 7) is 9.76. The first-order valence-corrected chi connectivity index (χ1v) is 6.85. The SMILES string of the molecule is C=CCCC(C)Nc1cccc(NC(=O)CC)c1C. The van der Waals surface area contributed by atoms with Crippen LogP contribution in [0.3, 0.4) is 0 Å². The van der Waals surface area contributed by atoms with E-state index in [9.17, 15) is 4.79 Å². The van der Waals surface area contributed by atoms with E-state index in [1.54, 1.807) is 0 Å². The zero-order valence-electron chi connectivity index (χ0n) is 12.1. The van der Waals surface area contributed by atoms with E-state index in [1.807, 2.05) is 38.1 Å². The second-order valence-corrected chi connectivity index (χ2v) is 4.79. The van der Waals surface area contributed by atoms with Gasteiger partial charge in [0, 0.05) is 23.8 Å². The highest BCUT2D eigenvalue weighted by Gasteiger charge is 2.08. The summed E-state index contributed by atoms with van der Waals surface area (Å²) in [7, 11) is 0. The Balaban J connectivity index is 2.76. The quantitative estimate of drug-likeness (QED) is 0.724. The molecule has 0 fully saturated rings. The van der Waals surface area contributed by atoms with Gasteiger partial charge < -0.3 is 10.6 Å². The third-order valence-corrected chi connectivity index (χ3v) is 3.13. The minimum atomic E-state index is 0.0416. The highest BCUT2D eigenvalue weighted by atomic mass is 16.1. The number of anilines is 2. The van der Waals surface area contributed by atoms with Crippen molar-refractivity contribution in [2.75, 3.05) is 10.6 Å².